The number of hydrogen-bond donors (Lipinski definition) is 2. The second kappa shape index (κ2) is 4.26. The average molecular weight is 238 g/mol. The van der Waals surface area contributed by atoms with Crippen LogP contribution in [0.3, 0.4) is 0 Å². The number of allylic oxidation sites excluding steroid dienone is 4. The summed E-state index contributed by atoms with van der Waals surface area (Å²) in [6.07, 6.45) is 8.01. The summed E-state index contributed by atoms with van der Waals surface area (Å²) >= 11 is 0. The van der Waals surface area contributed by atoms with Crippen LogP contribution in [0.2, 0.25) is 0 Å². The van der Waals surface area contributed by atoms with Gasteiger partial charge in [0.25, 0.3) is 0 Å². The molecule has 0 fully saturated rings. The van der Waals surface area contributed by atoms with Crippen molar-refractivity contribution in [3.63, 3.8) is 0 Å². The maximum Gasteiger partial charge on any atom is 0.524 e. The third-order valence-electron chi connectivity index (χ3n) is 2.24. The Morgan fingerprint density at radius 3 is 2.12 bits per heavy atom. The van der Waals surface area contributed by atoms with Gasteiger partial charge in [0.05, 0.1) is 0 Å². The number of hydrogen-bond acceptors (Lipinski definition) is 2. The highest BCUT2D eigenvalue weighted by molar-refractivity contribution is 7.46. The topological polar surface area (TPSA) is 66.8 Å². The van der Waals surface area contributed by atoms with Crippen molar-refractivity contribution in [1.29, 1.82) is 0 Å². The van der Waals surface area contributed by atoms with Crippen molar-refractivity contribution < 1.29 is 18.9 Å². The molecule has 1 aromatic carbocycles. The van der Waals surface area contributed by atoms with Crippen LogP contribution < -0.4 is 4.52 Å². The van der Waals surface area contributed by atoms with E-state index >= 15 is 0 Å². The second-order valence-corrected chi connectivity index (χ2v) is 4.61. The molecule has 84 valence electrons. The van der Waals surface area contributed by atoms with Gasteiger partial charge in [0.15, 0.2) is 0 Å². The summed E-state index contributed by atoms with van der Waals surface area (Å²) in [5.41, 5.74) is 1.06. The summed E-state index contributed by atoms with van der Waals surface area (Å²) < 4.78 is 15.0. The van der Waals surface area contributed by atoms with E-state index in [0.29, 0.717) is 0 Å². The van der Waals surface area contributed by atoms with Crippen LogP contribution in [0.15, 0.2) is 48.6 Å². The molecule has 16 heavy (non-hydrogen) atoms. The largest absolute Gasteiger partial charge is 0.524 e. The lowest BCUT2D eigenvalue weighted by atomic mass is 10.0. The average Bonchev–Trinajstić information content (AvgIpc) is 2.69. The molecule has 0 aromatic heterocycles. The minimum Gasteiger partial charge on any atom is -0.404 e. The van der Waals surface area contributed by atoms with Gasteiger partial charge in [-0.15, -0.1) is 0 Å². The minimum absolute atomic E-state index is 0.169. The third-order valence-corrected chi connectivity index (χ3v) is 2.69. The predicted octanol–water partition coefficient (Wildman–Crippen LogP) is 2.37. The van der Waals surface area contributed by atoms with E-state index in [2.05, 4.69) is 4.52 Å². The Hall–Kier alpha value is -1.35. The van der Waals surface area contributed by atoms with Crippen molar-refractivity contribution in [1.82, 2.24) is 0 Å². The van der Waals surface area contributed by atoms with E-state index in [1.807, 2.05) is 24.3 Å². The van der Waals surface area contributed by atoms with Gasteiger partial charge in [0.2, 0.25) is 0 Å². The lowest BCUT2D eigenvalue weighted by Gasteiger charge is -2.09. The molecule has 0 radical (unpaired) electrons. The molecular weight excluding hydrogens is 227 g/mol. The molecule has 0 bridgehead atoms. The Morgan fingerprint density at radius 1 is 1.06 bits per heavy atom. The first kappa shape index (κ1) is 11.1. The molecule has 1 aliphatic carbocycles. The van der Waals surface area contributed by atoms with E-state index in [-0.39, 0.29) is 11.7 Å². The Kier molecular flexibility index (Phi) is 2.97. The van der Waals surface area contributed by atoms with E-state index < -0.39 is 7.82 Å². The monoisotopic (exact) mass is 238 g/mol. The first-order chi connectivity index (χ1) is 7.54. The molecule has 0 amide bonds. The highest BCUT2D eigenvalue weighted by Gasteiger charge is 2.16. The summed E-state index contributed by atoms with van der Waals surface area (Å²) in [7, 11) is -4.46. The van der Waals surface area contributed by atoms with Crippen molar-refractivity contribution in [2.75, 3.05) is 0 Å². The summed E-state index contributed by atoms with van der Waals surface area (Å²) in [5, 5.41) is 0. The molecule has 0 spiro atoms. The summed E-state index contributed by atoms with van der Waals surface area (Å²) in [5.74, 6) is 0.409. The molecular formula is C11H11O4P. The van der Waals surface area contributed by atoms with Crippen LogP contribution in [0.4, 0.5) is 0 Å². The maximum atomic E-state index is 10.6. The van der Waals surface area contributed by atoms with Gasteiger partial charge in [-0.1, -0.05) is 36.4 Å². The SMILES string of the molecule is O=P(O)(O)Oc1ccc(C2C=CC=C2)cc1. The van der Waals surface area contributed by atoms with E-state index in [1.54, 1.807) is 24.3 Å². The predicted molar refractivity (Wildman–Crippen MR) is 60.1 cm³/mol. The maximum absolute atomic E-state index is 10.6. The first-order valence-corrected chi connectivity index (χ1v) is 6.28. The highest BCUT2D eigenvalue weighted by Crippen LogP contribution is 2.37. The smallest absolute Gasteiger partial charge is 0.404 e. The standard InChI is InChI=1S/C11H11O4P/c12-16(13,14)15-11-7-5-10(6-8-11)9-3-1-2-4-9/h1-9H,(H2,12,13,14). The second-order valence-electron chi connectivity index (χ2n) is 3.45. The summed E-state index contributed by atoms with van der Waals surface area (Å²) in [6.45, 7) is 0. The highest BCUT2D eigenvalue weighted by atomic mass is 31.2. The third kappa shape index (κ3) is 2.83. The van der Waals surface area contributed by atoms with Crippen molar-refractivity contribution in [2.45, 2.75) is 5.92 Å². The molecule has 2 rings (SSSR count). The fourth-order valence-corrected chi connectivity index (χ4v) is 1.94. The molecule has 4 nitrogen and oxygen atoms in total. The van der Waals surface area contributed by atoms with Gasteiger partial charge in [0.1, 0.15) is 5.75 Å². The van der Waals surface area contributed by atoms with E-state index in [4.69, 9.17) is 9.79 Å². The Morgan fingerprint density at radius 2 is 1.62 bits per heavy atom. The first-order valence-electron chi connectivity index (χ1n) is 4.75. The molecule has 0 aliphatic heterocycles. The molecule has 1 aromatic rings. The lowest BCUT2D eigenvalue weighted by molar-refractivity contribution is 0.283. The fourth-order valence-electron chi connectivity index (χ4n) is 1.54. The van der Waals surface area contributed by atoms with E-state index in [0.717, 1.165) is 5.56 Å². The Bertz CT molecular complexity index is 457. The Balaban J connectivity index is 2.13. The van der Waals surface area contributed by atoms with Crippen LogP contribution in [-0.4, -0.2) is 9.79 Å². The van der Waals surface area contributed by atoms with Crippen LogP contribution in [-0.2, 0) is 4.57 Å². The molecule has 2 N–H and O–H groups in total. The Labute approximate surface area is 93.1 Å². The van der Waals surface area contributed by atoms with Gasteiger partial charge in [-0.25, -0.2) is 4.57 Å². The van der Waals surface area contributed by atoms with Crippen LogP contribution in [0.1, 0.15) is 11.5 Å². The van der Waals surface area contributed by atoms with Crippen molar-refractivity contribution >= 4 is 7.82 Å². The zero-order valence-electron chi connectivity index (χ0n) is 8.35. The molecule has 1 aliphatic rings. The normalized spacial score (nSPS) is 15.6. The van der Waals surface area contributed by atoms with Crippen molar-refractivity contribution in [3.8, 4) is 5.75 Å². The molecule has 0 saturated heterocycles. The zero-order chi connectivity index (χ0) is 11.6. The van der Waals surface area contributed by atoms with Gasteiger partial charge in [-0.2, -0.15) is 0 Å². The van der Waals surface area contributed by atoms with E-state index in [1.165, 1.54) is 0 Å². The molecule has 0 unspecified atom stereocenters. The summed E-state index contributed by atoms with van der Waals surface area (Å²) in [6, 6.07) is 6.67. The number of rotatable bonds is 3. The number of phosphoric ester groups is 1. The van der Waals surface area contributed by atoms with E-state index in [9.17, 15) is 4.57 Å². The van der Waals surface area contributed by atoms with Crippen molar-refractivity contribution in [2.24, 2.45) is 0 Å². The minimum atomic E-state index is -4.46. The zero-order valence-corrected chi connectivity index (χ0v) is 9.25. The molecule has 0 saturated carbocycles. The fraction of sp³-hybridized carbons (Fsp3) is 0.0909. The van der Waals surface area contributed by atoms with Crippen molar-refractivity contribution in [3.05, 3.63) is 54.1 Å². The van der Waals surface area contributed by atoms with Crippen LogP contribution >= 0.6 is 7.82 Å². The molecule has 0 heterocycles. The number of benzene rings is 1. The summed E-state index contributed by atoms with van der Waals surface area (Å²) in [4.78, 5) is 17.2. The molecule has 5 heteroatoms. The van der Waals surface area contributed by atoms with Gasteiger partial charge in [-0.3, -0.25) is 9.79 Å². The quantitative estimate of drug-likeness (QED) is 0.793. The van der Waals surface area contributed by atoms with Gasteiger partial charge >= 0.3 is 7.82 Å². The van der Waals surface area contributed by atoms with Gasteiger partial charge in [0, 0.05) is 5.92 Å². The van der Waals surface area contributed by atoms with Crippen LogP contribution in [0, 0.1) is 0 Å². The lowest BCUT2D eigenvalue weighted by Crippen LogP contribution is -1.92. The van der Waals surface area contributed by atoms with Crippen LogP contribution in [0.25, 0.3) is 0 Å². The van der Waals surface area contributed by atoms with Gasteiger partial charge < -0.3 is 4.52 Å². The van der Waals surface area contributed by atoms with Gasteiger partial charge in [-0.05, 0) is 17.7 Å². The number of phosphoric acid groups is 1. The molecule has 0 atom stereocenters. The van der Waals surface area contributed by atoms with Crippen LogP contribution in [0.5, 0.6) is 5.75 Å².